The maximum absolute atomic E-state index is 11.2. The summed E-state index contributed by atoms with van der Waals surface area (Å²) >= 11 is 0. The molecule has 5 atom stereocenters. The summed E-state index contributed by atoms with van der Waals surface area (Å²) in [5.41, 5.74) is 1.48. The van der Waals surface area contributed by atoms with Crippen LogP contribution in [0.4, 0.5) is 0 Å². The second kappa shape index (κ2) is 9.18. The SMILES string of the molecule is COC(=O)CCCCC1=C[C@H]2C[C@@H](O)[C@@H](/C=C\[C@@H](O)C3CCCC3)[C@H]2C1. The first-order valence-corrected chi connectivity index (χ1v) is 10.4. The number of hydrogen-bond acceptors (Lipinski definition) is 4. The molecule has 2 saturated carbocycles. The molecule has 0 radical (unpaired) electrons. The number of unbranched alkanes of at least 4 members (excludes halogenated alkanes) is 1. The van der Waals surface area contributed by atoms with Crippen LogP contribution < -0.4 is 0 Å². The van der Waals surface area contributed by atoms with Crippen LogP contribution in [0.25, 0.3) is 0 Å². The molecule has 0 aromatic carbocycles. The van der Waals surface area contributed by atoms with E-state index in [0.717, 1.165) is 44.9 Å². The predicted molar refractivity (Wildman–Crippen MR) is 101 cm³/mol. The number of carbonyl (C=O) groups is 1. The fraction of sp³-hybridized carbons (Fsp3) is 0.773. The van der Waals surface area contributed by atoms with Gasteiger partial charge in [0, 0.05) is 12.3 Å². The summed E-state index contributed by atoms with van der Waals surface area (Å²) in [6.07, 6.45) is 15.8. The standard InChI is InChI=1S/C22H34O4/c1-26-22(25)9-5-2-6-15-12-17-14-21(24)18(19(17)13-15)10-11-20(23)16-7-3-4-8-16/h10-12,16-21,23-24H,2-9,13-14H2,1H3/b11-10-/t17-,18-,19-,20+,21+/m0/s1. The molecule has 2 fully saturated rings. The van der Waals surface area contributed by atoms with Crippen LogP contribution in [-0.4, -0.2) is 35.5 Å². The Morgan fingerprint density at radius 3 is 2.85 bits per heavy atom. The first kappa shape index (κ1) is 19.6. The van der Waals surface area contributed by atoms with Crippen LogP contribution in [0.15, 0.2) is 23.8 Å². The lowest BCUT2D eigenvalue weighted by Crippen LogP contribution is -2.19. The van der Waals surface area contributed by atoms with Crippen LogP contribution in [-0.2, 0) is 9.53 Å². The number of carbonyl (C=O) groups excluding carboxylic acids is 1. The van der Waals surface area contributed by atoms with Gasteiger partial charge in [0.15, 0.2) is 0 Å². The highest BCUT2D eigenvalue weighted by atomic mass is 16.5. The molecule has 2 N–H and O–H groups in total. The molecule has 26 heavy (non-hydrogen) atoms. The monoisotopic (exact) mass is 362 g/mol. The van der Waals surface area contributed by atoms with Gasteiger partial charge in [0.1, 0.15) is 0 Å². The Morgan fingerprint density at radius 2 is 2.12 bits per heavy atom. The molecule has 0 spiro atoms. The summed E-state index contributed by atoms with van der Waals surface area (Å²) in [6.45, 7) is 0. The second-order valence-corrected chi connectivity index (χ2v) is 8.44. The van der Waals surface area contributed by atoms with Crippen LogP contribution in [0.2, 0.25) is 0 Å². The van der Waals surface area contributed by atoms with E-state index in [1.165, 1.54) is 25.5 Å². The van der Waals surface area contributed by atoms with Crippen molar-refractivity contribution in [1.82, 2.24) is 0 Å². The topological polar surface area (TPSA) is 66.8 Å². The number of methoxy groups -OCH3 is 1. The zero-order valence-electron chi connectivity index (χ0n) is 16.0. The molecule has 3 aliphatic carbocycles. The number of fused-ring (bicyclic) bond motifs is 1. The van der Waals surface area contributed by atoms with Crippen LogP contribution >= 0.6 is 0 Å². The number of allylic oxidation sites excluding steroid dienone is 2. The van der Waals surface area contributed by atoms with Crippen molar-refractivity contribution in [1.29, 1.82) is 0 Å². The molecule has 0 unspecified atom stereocenters. The molecule has 4 nitrogen and oxygen atoms in total. The summed E-state index contributed by atoms with van der Waals surface area (Å²) in [5, 5.41) is 20.8. The van der Waals surface area contributed by atoms with Crippen molar-refractivity contribution in [3.63, 3.8) is 0 Å². The Labute approximate surface area is 157 Å². The lowest BCUT2D eigenvalue weighted by atomic mass is 9.88. The van der Waals surface area contributed by atoms with Crippen molar-refractivity contribution in [2.24, 2.45) is 23.7 Å². The van der Waals surface area contributed by atoms with E-state index < -0.39 is 0 Å². The first-order valence-electron chi connectivity index (χ1n) is 10.4. The molecule has 3 aliphatic rings. The maximum atomic E-state index is 11.2. The average molecular weight is 363 g/mol. The van der Waals surface area contributed by atoms with Gasteiger partial charge < -0.3 is 14.9 Å². The van der Waals surface area contributed by atoms with E-state index in [9.17, 15) is 15.0 Å². The zero-order chi connectivity index (χ0) is 18.5. The fourth-order valence-corrected chi connectivity index (χ4v) is 5.21. The van der Waals surface area contributed by atoms with Crippen LogP contribution in [0.3, 0.4) is 0 Å². The van der Waals surface area contributed by atoms with Gasteiger partial charge in [-0.3, -0.25) is 4.79 Å². The molecule has 4 heteroatoms. The zero-order valence-corrected chi connectivity index (χ0v) is 16.0. The fourth-order valence-electron chi connectivity index (χ4n) is 5.21. The number of aliphatic hydroxyl groups excluding tert-OH is 2. The van der Waals surface area contributed by atoms with E-state index in [4.69, 9.17) is 0 Å². The number of aliphatic hydroxyl groups is 2. The smallest absolute Gasteiger partial charge is 0.305 e. The molecule has 0 aromatic heterocycles. The summed E-state index contributed by atoms with van der Waals surface area (Å²) < 4.78 is 4.68. The van der Waals surface area contributed by atoms with E-state index >= 15 is 0 Å². The molecule has 0 heterocycles. The Morgan fingerprint density at radius 1 is 1.35 bits per heavy atom. The summed E-state index contributed by atoms with van der Waals surface area (Å²) in [5.74, 6) is 1.40. The van der Waals surface area contributed by atoms with Gasteiger partial charge in [0.05, 0.1) is 19.3 Å². The van der Waals surface area contributed by atoms with Gasteiger partial charge in [0.2, 0.25) is 0 Å². The average Bonchev–Trinajstić information content (AvgIpc) is 3.33. The van der Waals surface area contributed by atoms with Crippen molar-refractivity contribution in [3.8, 4) is 0 Å². The lowest BCUT2D eigenvalue weighted by molar-refractivity contribution is -0.140. The van der Waals surface area contributed by atoms with E-state index in [2.05, 4.69) is 16.9 Å². The first-order chi connectivity index (χ1) is 12.6. The van der Waals surface area contributed by atoms with Crippen molar-refractivity contribution in [2.45, 2.75) is 76.4 Å². The van der Waals surface area contributed by atoms with Gasteiger partial charge in [-0.25, -0.2) is 0 Å². The van der Waals surface area contributed by atoms with Crippen LogP contribution in [0.1, 0.15) is 64.2 Å². The molecular weight excluding hydrogens is 328 g/mol. The van der Waals surface area contributed by atoms with Gasteiger partial charge >= 0.3 is 5.97 Å². The molecule has 0 saturated heterocycles. The van der Waals surface area contributed by atoms with Crippen LogP contribution in [0.5, 0.6) is 0 Å². The Kier molecular flexibility index (Phi) is 6.93. The summed E-state index contributed by atoms with van der Waals surface area (Å²) in [4.78, 5) is 11.2. The molecule has 3 rings (SSSR count). The minimum atomic E-state index is -0.351. The number of ether oxygens (including phenoxy) is 1. The summed E-state index contributed by atoms with van der Waals surface area (Å²) in [7, 11) is 1.44. The van der Waals surface area contributed by atoms with Crippen molar-refractivity contribution in [3.05, 3.63) is 23.8 Å². The number of esters is 1. The van der Waals surface area contributed by atoms with E-state index in [-0.39, 0.29) is 24.1 Å². The minimum absolute atomic E-state index is 0.128. The van der Waals surface area contributed by atoms with Crippen molar-refractivity contribution < 1.29 is 19.7 Å². The third kappa shape index (κ3) is 4.77. The van der Waals surface area contributed by atoms with E-state index in [1.807, 2.05) is 6.08 Å². The highest BCUT2D eigenvalue weighted by Gasteiger charge is 2.43. The van der Waals surface area contributed by atoms with E-state index in [1.54, 1.807) is 0 Å². The Hall–Kier alpha value is -1.13. The maximum Gasteiger partial charge on any atom is 0.305 e. The van der Waals surface area contributed by atoms with Crippen molar-refractivity contribution in [2.75, 3.05) is 7.11 Å². The molecular formula is C22H34O4. The van der Waals surface area contributed by atoms with Gasteiger partial charge in [0.25, 0.3) is 0 Å². The summed E-state index contributed by atoms with van der Waals surface area (Å²) in [6, 6.07) is 0. The molecule has 0 aliphatic heterocycles. The molecule has 0 bridgehead atoms. The van der Waals surface area contributed by atoms with Gasteiger partial charge in [-0.15, -0.1) is 0 Å². The highest BCUT2D eigenvalue weighted by Crippen LogP contribution is 2.48. The lowest BCUT2D eigenvalue weighted by Gasteiger charge is -2.20. The molecule has 146 valence electrons. The largest absolute Gasteiger partial charge is 0.469 e. The van der Waals surface area contributed by atoms with Crippen molar-refractivity contribution >= 4 is 5.97 Å². The van der Waals surface area contributed by atoms with Gasteiger partial charge in [-0.2, -0.15) is 0 Å². The molecule has 0 amide bonds. The minimum Gasteiger partial charge on any atom is -0.469 e. The second-order valence-electron chi connectivity index (χ2n) is 8.44. The normalized spacial score (nSPS) is 32.8. The third-order valence-electron chi connectivity index (χ3n) is 6.72. The van der Waals surface area contributed by atoms with Crippen LogP contribution in [0, 0.1) is 23.7 Å². The van der Waals surface area contributed by atoms with Gasteiger partial charge in [-0.1, -0.05) is 36.6 Å². The number of hydrogen-bond donors (Lipinski definition) is 2. The van der Waals surface area contributed by atoms with Gasteiger partial charge in [-0.05, 0) is 62.7 Å². The Bertz CT molecular complexity index is 532. The highest BCUT2D eigenvalue weighted by molar-refractivity contribution is 5.68. The predicted octanol–water partition coefficient (Wildman–Crippen LogP) is 3.77. The quantitative estimate of drug-likeness (QED) is 0.392. The Balaban J connectivity index is 1.47. The third-order valence-corrected chi connectivity index (χ3v) is 6.72. The number of rotatable bonds is 8. The molecule has 0 aromatic rings. The van der Waals surface area contributed by atoms with E-state index in [0.29, 0.717) is 24.2 Å².